The molecule has 0 atom stereocenters. The Kier molecular flexibility index (Phi) is 5.84. The van der Waals surface area contributed by atoms with Gasteiger partial charge in [0.15, 0.2) is 0 Å². The van der Waals surface area contributed by atoms with Crippen LogP contribution in [0.15, 0.2) is 53.9 Å². The van der Waals surface area contributed by atoms with Crippen molar-refractivity contribution in [1.82, 2.24) is 4.98 Å². The van der Waals surface area contributed by atoms with Crippen molar-refractivity contribution in [2.24, 2.45) is 0 Å². The lowest BCUT2D eigenvalue weighted by molar-refractivity contribution is -0.116. The van der Waals surface area contributed by atoms with Gasteiger partial charge in [0.25, 0.3) is 0 Å². The number of carbonyl (C=O) groups is 1. The summed E-state index contributed by atoms with van der Waals surface area (Å²) in [4.78, 5) is 16.6. The molecule has 1 N–H and O–H groups in total. The zero-order valence-electron chi connectivity index (χ0n) is 14.0. The van der Waals surface area contributed by atoms with E-state index < -0.39 is 0 Å². The number of amides is 1. The standard InChI is InChI=1S/C20H19ClN2OS/c1-2-3-11-19(24)22-15-8-6-7-14(12-15)18-13-25-20(23-18)16-9-4-5-10-17(16)21/h4-10,12-13H,2-3,11H2,1H3,(H,22,24). The molecule has 0 aliphatic heterocycles. The second-order valence-electron chi connectivity index (χ2n) is 5.75. The van der Waals surface area contributed by atoms with Crippen LogP contribution in [0.4, 0.5) is 5.69 Å². The van der Waals surface area contributed by atoms with Gasteiger partial charge in [-0.25, -0.2) is 4.98 Å². The van der Waals surface area contributed by atoms with E-state index in [1.54, 1.807) is 11.3 Å². The summed E-state index contributed by atoms with van der Waals surface area (Å²) in [5.74, 6) is 0.0500. The van der Waals surface area contributed by atoms with E-state index >= 15 is 0 Å². The Hall–Kier alpha value is -2.17. The molecule has 0 aliphatic rings. The minimum Gasteiger partial charge on any atom is -0.326 e. The third kappa shape index (κ3) is 4.47. The highest BCUT2D eigenvalue weighted by Gasteiger charge is 2.10. The number of unbranched alkanes of at least 4 members (excludes halogenated alkanes) is 1. The summed E-state index contributed by atoms with van der Waals surface area (Å²) in [6, 6.07) is 15.5. The van der Waals surface area contributed by atoms with E-state index in [9.17, 15) is 4.79 Å². The molecule has 0 bridgehead atoms. The highest BCUT2D eigenvalue weighted by atomic mass is 35.5. The van der Waals surface area contributed by atoms with Gasteiger partial charge in [-0.15, -0.1) is 11.3 Å². The lowest BCUT2D eigenvalue weighted by Crippen LogP contribution is -2.10. The maximum atomic E-state index is 11.9. The number of hydrogen-bond donors (Lipinski definition) is 1. The number of thiazole rings is 1. The lowest BCUT2D eigenvalue weighted by atomic mass is 10.1. The Morgan fingerprint density at radius 3 is 2.84 bits per heavy atom. The molecule has 0 aliphatic carbocycles. The maximum absolute atomic E-state index is 11.9. The second kappa shape index (κ2) is 8.28. The third-order valence-electron chi connectivity index (χ3n) is 3.81. The molecule has 3 nitrogen and oxygen atoms in total. The van der Waals surface area contributed by atoms with Gasteiger partial charge in [0, 0.05) is 28.6 Å². The van der Waals surface area contributed by atoms with Gasteiger partial charge in [0.1, 0.15) is 5.01 Å². The fraction of sp³-hybridized carbons (Fsp3) is 0.200. The summed E-state index contributed by atoms with van der Waals surface area (Å²) in [6.45, 7) is 2.08. The predicted octanol–water partition coefficient (Wildman–Crippen LogP) is 6.26. The number of carbonyl (C=O) groups excluding carboxylic acids is 1. The van der Waals surface area contributed by atoms with Crippen molar-refractivity contribution in [3.05, 3.63) is 58.9 Å². The van der Waals surface area contributed by atoms with Crippen LogP contribution in [0.25, 0.3) is 21.8 Å². The maximum Gasteiger partial charge on any atom is 0.224 e. The van der Waals surface area contributed by atoms with Crippen LogP contribution in [-0.2, 0) is 4.79 Å². The van der Waals surface area contributed by atoms with Crippen molar-refractivity contribution in [2.45, 2.75) is 26.2 Å². The highest BCUT2D eigenvalue weighted by Crippen LogP contribution is 2.33. The summed E-state index contributed by atoms with van der Waals surface area (Å²) in [5, 5.41) is 6.54. The molecule has 1 heterocycles. The minimum absolute atomic E-state index is 0.0500. The van der Waals surface area contributed by atoms with Gasteiger partial charge in [0.2, 0.25) is 5.91 Å². The number of nitrogens with zero attached hydrogens (tertiary/aromatic N) is 1. The Morgan fingerprint density at radius 2 is 2.04 bits per heavy atom. The number of anilines is 1. The molecule has 25 heavy (non-hydrogen) atoms. The van der Waals surface area contributed by atoms with Gasteiger partial charge in [-0.1, -0.05) is 55.3 Å². The van der Waals surface area contributed by atoms with E-state index in [0.717, 1.165) is 40.4 Å². The van der Waals surface area contributed by atoms with Crippen molar-refractivity contribution in [2.75, 3.05) is 5.32 Å². The normalized spacial score (nSPS) is 10.6. The summed E-state index contributed by atoms with van der Waals surface area (Å²) in [7, 11) is 0. The van der Waals surface area contributed by atoms with E-state index in [-0.39, 0.29) is 5.91 Å². The van der Waals surface area contributed by atoms with Crippen LogP contribution in [0, 0.1) is 0 Å². The average molecular weight is 371 g/mol. The molecule has 0 fully saturated rings. The Bertz CT molecular complexity index is 875. The molecule has 1 aromatic heterocycles. The van der Waals surface area contributed by atoms with Crippen LogP contribution in [0.2, 0.25) is 5.02 Å². The van der Waals surface area contributed by atoms with E-state index in [0.29, 0.717) is 11.4 Å². The Labute approximate surface area is 156 Å². The zero-order chi connectivity index (χ0) is 17.6. The first-order valence-corrected chi connectivity index (χ1v) is 9.54. The largest absolute Gasteiger partial charge is 0.326 e. The van der Waals surface area contributed by atoms with Crippen molar-refractivity contribution < 1.29 is 4.79 Å². The number of benzene rings is 2. The van der Waals surface area contributed by atoms with Gasteiger partial charge in [-0.3, -0.25) is 4.79 Å². The van der Waals surface area contributed by atoms with Crippen molar-refractivity contribution in [3.8, 4) is 21.8 Å². The number of halogens is 1. The number of rotatable bonds is 6. The molecule has 5 heteroatoms. The second-order valence-corrected chi connectivity index (χ2v) is 7.02. The van der Waals surface area contributed by atoms with Crippen LogP contribution >= 0.6 is 22.9 Å². The monoisotopic (exact) mass is 370 g/mol. The summed E-state index contributed by atoms with van der Waals surface area (Å²) >= 11 is 7.82. The molecule has 3 aromatic rings. The van der Waals surface area contributed by atoms with Gasteiger partial charge in [-0.05, 0) is 24.6 Å². The summed E-state index contributed by atoms with van der Waals surface area (Å²) in [6.07, 6.45) is 2.46. The average Bonchev–Trinajstić information content (AvgIpc) is 3.10. The first kappa shape index (κ1) is 17.6. The molecule has 0 unspecified atom stereocenters. The van der Waals surface area contributed by atoms with E-state index in [2.05, 4.69) is 12.2 Å². The SMILES string of the molecule is CCCCC(=O)Nc1cccc(-c2csc(-c3ccccc3Cl)n2)c1. The zero-order valence-corrected chi connectivity index (χ0v) is 15.5. The molecular weight excluding hydrogens is 352 g/mol. The minimum atomic E-state index is 0.0500. The van der Waals surface area contributed by atoms with Crippen molar-refractivity contribution >= 4 is 34.5 Å². The quantitative estimate of drug-likeness (QED) is 0.556. The summed E-state index contributed by atoms with van der Waals surface area (Å²) in [5.41, 5.74) is 3.59. The topological polar surface area (TPSA) is 42.0 Å². The van der Waals surface area contributed by atoms with Crippen molar-refractivity contribution in [3.63, 3.8) is 0 Å². The van der Waals surface area contributed by atoms with E-state index in [1.165, 1.54) is 0 Å². The first-order chi connectivity index (χ1) is 12.2. The van der Waals surface area contributed by atoms with Gasteiger partial charge in [-0.2, -0.15) is 0 Å². The molecule has 128 valence electrons. The molecule has 0 spiro atoms. The molecular formula is C20H19ClN2OS. The van der Waals surface area contributed by atoms with Crippen molar-refractivity contribution in [1.29, 1.82) is 0 Å². The van der Waals surface area contributed by atoms with Gasteiger partial charge in [0.05, 0.1) is 10.7 Å². The van der Waals surface area contributed by atoms with Crippen LogP contribution in [-0.4, -0.2) is 10.9 Å². The van der Waals surface area contributed by atoms with Crippen LogP contribution in [0.5, 0.6) is 0 Å². The van der Waals surface area contributed by atoms with Crippen LogP contribution < -0.4 is 5.32 Å². The van der Waals surface area contributed by atoms with E-state index in [1.807, 2.05) is 53.9 Å². The fourth-order valence-electron chi connectivity index (χ4n) is 2.48. The number of aromatic nitrogens is 1. The molecule has 0 radical (unpaired) electrons. The lowest BCUT2D eigenvalue weighted by Gasteiger charge is -2.06. The first-order valence-electron chi connectivity index (χ1n) is 8.28. The number of nitrogens with one attached hydrogen (secondary N) is 1. The predicted molar refractivity (Wildman–Crippen MR) is 106 cm³/mol. The molecule has 0 saturated heterocycles. The van der Waals surface area contributed by atoms with Crippen LogP contribution in [0.3, 0.4) is 0 Å². The van der Waals surface area contributed by atoms with E-state index in [4.69, 9.17) is 16.6 Å². The molecule has 0 saturated carbocycles. The molecule has 1 amide bonds. The Morgan fingerprint density at radius 1 is 1.20 bits per heavy atom. The van der Waals surface area contributed by atoms with Crippen LogP contribution in [0.1, 0.15) is 26.2 Å². The summed E-state index contributed by atoms with van der Waals surface area (Å²) < 4.78 is 0. The fourth-order valence-corrected chi connectivity index (χ4v) is 3.63. The molecule has 2 aromatic carbocycles. The third-order valence-corrected chi connectivity index (χ3v) is 5.01. The molecule has 3 rings (SSSR count). The smallest absolute Gasteiger partial charge is 0.224 e. The van der Waals surface area contributed by atoms with Gasteiger partial charge < -0.3 is 5.32 Å². The van der Waals surface area contributed by atoms with Gasteiger partial charge >= 0.3 is 0 Å². The Balaban J connectivity index is 1.80. The highest BCUT2D eigenvalue weighted by molar-refractivity contribution is 7.13. The number of hydrogen-bond acceptors (Lipinski definition) is 3.